The highest BCUT2D eigenvalue weighted by atomic mass is 35.5. The number of hydrogen-bond donors (Lipinski definition) is 0. The van der Waals surface area contributed by atoms with E-state index >= 15 is 0 Å². The Balaban J connectivity index is 1.83. The van der Waals surface area contributed by atoms with Crippen LogP contribution in [0, 0.1) is 17.2 Å². The van der Waals surface area contributed by atoms with Crippen molar-refractivity contribution in [2.45, 2.75) is 32.0 Å². The molecule has 0 aromatic carbocycles. The van der Waals surface area contributed by atoms with E-state index in [1.165, 1.54) is 16.8 Å². The van der Waals surface area contributed by atoms with E-state index in [1.54, 1.807) is 0 Å². The first-order chi connectivity index (χ1) is 12.7. The Hall–Kier alpha value is -2.38. The minimum atomic E-state index is -4.55. The lowest BCUT2D eigenvalue weighted by Gasteiger charge is -2.07. The second kappa shape index (κ2) is 6.07. The molecule has 0 aliphatic heterocycles. The van der Waals surface area contributed by atoms with Crippen molar-refractivity contribution in [1.29, 1.82) is 5.26 Å². The highest BCUT2D eigenvalue weighted by Gasteiger charge is 2.46. The molecule has 0 bridgehead atoms. The van der Waals surface area contributed by atoms with Crippen LogP contribution in [0.1, 0.15) is 41.2 Å². The fraction of sp³-hybridized carbons (Fsp3) is 0.375. The van der Waals surface area contributed by atoms with Gasteiger partial charge in [-0.3, -0.25) is 9.20 Å². The molecule has 0 saturated heterocycles. The van der Waals surface area contributed by atoms with Crippen LogP contribution in [0.2, 0.25) is 5.15 Å². The van der Waals surface area contributed by atoms with E-state index in [-0.39, 0.29) is 45.6 Å². The van der Waals surface area contributed by atoms with E-state index in [0.29, 0.717) is 17.8 Å². The molecule has 27 heavy (non-hydrogen) atoms. The summed E-state index contributed by atoms with van der Waals surface area (Å²) in [5.41, 5.74) is -0.249. The molecule has 140 valence electrons. The van der Waals surface area contributed by atoms with E-state index in [1.807, 2.05) is 13.0 Å². The van der Waals surface area contributed by atoms with Crippen molar-refractivity contribution in [3.05, 3.63) is 49.6 Å². The molecule has 0 spiro atoms. The number of rotatable bonds is 3. The monoisotopic (exact) mass is 413 g/mol. The number of aromatic nitrogens is 4. The molecule has 2 unspecified atom stereocenters. The molecule has 0 amide bonds. The zero-order valence-corrected chi connectivity index (χ0v) is 15.4. The molecule has 11 heteroatoms. The maximum Gasteiger partial charge on any atom is 0.427 e. The lowest BCUT2D eigenvalue weighted by atomic mass is 10.2. The second-order valence-electron chi connectivity index (χ2n) is 6.46. The van der Waals surface area contributed by atoms with Crippen molar-refractivity contribution in [1.82, 2.24) is 19.2 Å². The molecule has 3 aromatic rings. The molecule has 1 aliphatic rings. The van der Waals surface area contributed by atoms with Gasteiger partial charge in [-0.05, 0) is 12.3 Å². The molecule has 1 fully saturated rings. The van der Waals surface area contributed by atoms with E-state index in [0.717, 1.165) is 4.40 Å². The molecule has 1 saturated carbocycles. The van der Waals surface area contributed by atoms with Crippen LogP contribution in [0.5, 0.6) is 0 Å². The van der Waals surface area contributed by atoms with Crippen LogP contribution in [0.15, 0.2) is 16.9 Å². The Bertz CT molecular complexity index is 1160. The highest BCUT2D eigenvalue weighted by Crippen LogP contribution is 2.52. The molecular weight excluding hydrogens is 403 g/mol. The molecule has 0 radical (unpaired) electrons. The summed E-state index contributed by atoms with van der Waals surface area (Å²) in [6.07, 6.45) is -3.93. The lowest BCUT2D eigenvalue weighted by molar-refractivity contribution is -0.135. The predicted molar refractivity (Wildman–Crippen MR) is 91.9 cm³/mol. The maximum absolute atomic E-state index is 13.5. The number of nitriles is 1. The number of fused-ring (bicyclic) bond motifs is 1. The average Bonchev–Trinajstić information content (AvgIpc) is 3.01. The van der Waals surface area contributed by atoms with Crippen LogP contribution in [-0.4, -0.2) is 19.2 Å². The van der Waals surface area contributed by atoms with Gasteiger partial charge in [-0.2, -0.15) is 23.5 Å². The van der Waals surface area contributed by atoms with E-state index in [9.17, 15) is 18.0 Å². The first-order valence-electron chi connectivity index (χ1n) is 7.95. The fourth-order valence-electron chi connectivity index (χ4n) is 3.08. The zero-order chi connectivity index (χ0) is 19.5. The molecule has 3 heterocycles. The zero-order valence-electron chi connectivity index (χ0n) is 13.8. The van der Waals surface area contributed by atoms with E-state index in [2.05, 4.69) is 10.1 Å². The van der Waals surface area contributed by atoms with Crippen molar-refractivity contribution in [2.24, 2.45) is 5.92 Å². The maximum atomic E-state index is 13.5. The Morgan fingerprint density at radius 1 is 1.44 bits per heavy atom. The lowest BCUT2D eigenvalue weighted by Crippen LogP contribution is -2.19. The van der Waals surface area contributed by atoms with Crippen LogP contribution in [-0.2, 0) is 12.7 Å². The normalized spacial score (nSPS) is 19.4. The molecule has 6 nitrogen and oxygen atoms in total. The molecule has 2 atom stereocenters. The quantitative estimate of drug-likeness (QED) is 0.656. The Morgan fingerprint density at radius 3 is 2.70 bits per heavy atom. The average molecular weight is 414 g/mol. The van der Waals surface area contributed by atoms with Gasteiger partial charge in [-0.1, -0.05) is 29.9 Å². The van der Waals surface area contributed by atoms with Crippen molar-refractivity contribution in [2.75, 3.05) is 0 Å². The highest BCUT2D eigenvalue weighted by molar-refractivity contribution is 7.17. The number of thiazole rings is 1. The Morgan fingerprint density at radius 2 is 2.15 bits per heavy atom. The van der Waals surface area contributed by atoms with Gasteiger partial charge >= 0.3 is 6.18 Å². The summed E-state index contributed by atoms with van der Waals surface area (Å²) < 4.78 is 42.8. The Kier molecular flexibility index (Phi) is 4.05. The van der Waals surface area contributed by atoms with Crippen LogP contribution in [0.4, 0.5) is 13.2 Å². The van der Waals surface area contributed by atoms with Gasteiger partial charge in [0.15, 0.2) is 10.7 Å². The van der Waals surface area contributed by atoms with Gasteiger partial charge in [0.1, 0.15) is 16.1 Å². The van der Waals surface area contributed by atoms with Gasteiger partial charge in [0, 0.05) is 18.1 Å². The van der Waals surface area contributed by atoms with Gasteiger partial charge in [-0.25, -0.2) is 9.67 Å². The Labute approximate surface area is 159 Å². The first-order valence-corrected chi connectivity index (χ1v) is 9.14. The standard InChI is InChI=1S/C16H11ClF3N5OS/c1-7-2-10(7)13-14(16(18,19)20)27-15-22-9(4-12(26)25(13)15)6-24-11(17)3-8(5-21)23-24/h3-4,7,10H,2,6H2,1H3. The third-order valence-electron chi connectivity index (χ3n) is 4.48. The molecule has 3 aromatic heterocycles. The van der Waals surface area contributed by atoms with E-state index in [4.69, 9.17) is 16.9 Å². The van der Waals surface area contributed by atoms with Crippen LogP contribution in [0.25, 0.3) is 4.96 Å². The SMILES string of the molecule is CC1CC1c1c(C(F)(F)F)sc2nc(Cn3nc(C#N)cc3Cl)cc(=O)n12. The molecular formula is C16H11ClF3N5OS. The van der Waals surface area contributed by atoms with Crippen molar-refractivity contribution >= 4 is 27.9 Å². The van der Waals surface area contributed by atoms with E-state index < -0.39 is 16.6 Å². The predicted octanol–water partition coefficient (Wildman–Crippen LogP) is 3.67. The molecule has 4 rings (SSSR count). The summed E-state index contributed by atoms with van der Waals surface area (Å²) in [6.45, 7) is 1.83. The van der Waals surface area contributed by atoms with Crippen LogP contribution in [0.3, 0.4) is 0 Å². The number of halogens is 4. The minimum absolute atomic E-state index is 0.00272. The summed E-state index contributed by atoms with van der Waals surface area (Å²) in [4.78, 5) is 16.0. The summed E-state index contributed by atoms with van der Waals surface area (Å²) in [5, 5.41) is 13.0. The van der Waals surface area contributed by atoms with Gasteiger partial charge in [0.25, 0.3) is 5.56 Å². The third-order valence-corrected chi connectivity index (χ3v) is 5.89. The summed E-state index contributed by atoms with van der Waals surface area (Å²) in [7, 11) is 0. The van der Waals surface area contributed by atoms with Crippen LogP contribution < -0.4 is 5.56 Å². The van der Waals surface area contributed by atoms with Crippen molar-refractivity contribution in [3.8, 4) is 6.07 Å². The van der Waals surface area contributed by atoms with Gasteiger partial charge in [0.05, 0.1) is 17.9 Å². The fourth-order valence-corrected chi connectivity index (χ4v) is 4.37. The molecule has 1 aliphatic carbocycles. The van der Waals surface area contributed by atoms with Crippen molar-refractivity contribution < 1.29 is 13.2 Å². The van der Waals surface area contributed by atoms with Crippen molar-refractivity contribution in [3.63, 3.8) is 0 Å². The number of hydrogen-bond acceptors (Lipinski definition) is 5. The minimum Gasteiger partial charge on any atom is -0.269 e. The number of nitrogens with zero attached hydrogens (tertiary/aromatic N) is 5. The van der Waals surface area contributed by atoms with Gasteiger partial charge in [0.2, 0.25) is 0 Å². The van der Waals surface area contributed by atoms with Gasteiger partial charge in [-0.15, -0.1) is 0 Å². The second-order valence-corrected chi connectivity index (χ2v) is 7.82. The summed E-state index contributed by atoms with van der Waals surface area (Å²) >= 11 is 6.44. The summed E-state index contributed by atoms with van der Waals surface area (Å²) in [6, 6.07) is 4.37. The first kappa shape index (κ1) is 18.0. The largest absolute Gasteiger partial charge is 0.427 e. The summed E-state index contributed by atoms with van der Waals surface area (Å²) in [5.74, 6) is -0.192. The molecule has 0 N–H and O–H groups in total. The van der Waals surface area contributed by atoms with Crippen LogP contribution >= 0.6 is 22.9 Å². The third kappa shape index (κ3) is 3.11. The topological polar surface area (TPSA) is 76.0 Å². The number of alkyl halides is 3. The smallest absolute Gasteiger partial charge is 0.269 e. The van der Waals surface area contributed by atoms with Gasteiger partial charge < -0.3 is 0 Å².